The zero-order valence-corrected chi connectivity index (χ0v) is 8.43. The summed E-state index contributed by atoms with van der Waals surface area (Å²) in [6, 6.07) is 0. The summed E-state index contributed by atoms with van der Waals surface area (Å²) < 4.78 is 22.3. The average Bonchev–Trinajstić information content (AvgIpc) is 1.81. The zero-order chi connectivity index (χ0) is 10.5. The van der Waals surface area contributed by atoms with Crippen molar-refractivity contribution in [1.82, 2.24) is 0 Å². The number of aliphatic carboxylic acids is 1. The van der Waals surface area contributed by atoms with Crippen LogP contribution in [-0.2, 0) is 14.6 Å². The minimum Gasteiger partial charge on any atom is -0.481 e. The molecule has 0 aliphatic rings. The van der Waals surface area contributed by atoms with Gasteiger partial charge in [-0.15, -0.1) is 0 Å². The van der Waals surface area contributed by atoms with Gasteiger partial charge in [0.05, 0.1) is 11.5 Å². The third-order valence-corrected chi connectivity index (χ3v) is 3.16. The Balaban J connectivity index is 3.91. The lowest BCUT2D eigenvalue weighted by molar-refractivity contribution is -0.137. The molecule has 13 heavy (non-hydrogen) atoms. The van der Waals surface area contributed by atoms with Crippen LogP contribution < -0.4 is 0 Å². The summed E-state index contributed by atoms with van der Waals surface area (Å²) in [5.74, 6) is -1.09. The summed E-state index contributed by atoms with van der Waals surface area (Å²) >= 11 is 0. The average molecular weight is 206 g/mol. The van der Waals surface area contributed by atoms with Gasteiger partial charge >= 0.3 is 5.97 Å². The molecule has 1 N–H and O–H groups in total. The normalized spacial score (nSPS) is 11.2. The molecule has 0 unspecified atom stereocenters. The molecule has 5 heteroatoms. The first-order valence-electron chi connectivity index (χ1n) is 3.90. The smallest absolute Gasteiger partial charge is 0.303 e. The lowest BCUT2D eigenvalue weighted by Gasteiger charge is -2.01. The van der Waals surface area contributed by atoms with Crippen molar-refractivity contribution in [3.05, 3.63) is 12.2 Å². The number of carboxylic acid groups (broad SMARTS) is 1. The molecule has 0 saturated heterocycles. The van der Waals surface area contributed by atoms with Crippen LogP contribution in [0.1, 0.15) is 19.8 Å². The highest BCUT2D eigenvalue weighted by molar-refractivity contribution is 7.91. The van der Waals surface area contributed by atoms with Gasteiger partial charge in [-0.1, -0.05) is 12.2 Å². The van der Waals surface area contributed by atoms with Crippen molar-refractivity contribution in [2.45, 2.75) is 19.8 Å². The summed E-state index contributed by atoms with van der Waals surface area (Å²) in [6.45, 7) is 5.12. The van der Waals surface area contributed by atoms with E-state index in [1.165, 1.54) is 0 Å². The highest BCUT2D eigenvalue weighted by Gasteiger charge is 2.11. The van der Waals surface area contributed by atoms with E-state index in [1.807, 2.05) is 0 Å². The zero-order valence-electron chi connectivity index (χ0n) is 7.62. The maximum Gasteiger partial charge on any atom is 0.303 e. The van der Waals surface area contributed by atoms with Crippen LogP contribution in [-0.4, -0.2) is 31.0 Å². The van der Waals surface area contributed by atoms with Gasteiger partial charge in [0.15, 0.2) is 9.84 Å². The molecule has 0 fully saturated rings. The summed E-state index contributed by atoms with van der Waals surface area (Å²) in [5, 5.41) is 8.28. The van der Waals surface area contributed by atoms with Gasteiger partial charge in [-0.05, 0) is 13.3 Å². The first-order chi connectivity index (χ1) is 5.83. The van der Waals surface area contributed by atoms with Crippen LogP contribution in [0.25, 0.3) is 0 Å². The van der Waals surface area contributed by atoms with Gasteiger partial charge in [-0.25, -0.2) is 8.42 Å². The third kappa shape index (κ3) is 7.52. The van der Waals surface area contributed by atoms with E-state index in [0.29, 0.717) is 5.57 Å². The Bertz CT molecular complexity index is 289. The Morgan fingerprint density at radius 3 is 2.38 bits per heavy atom. The van der Waals surface area contributed by atoms with Gasteiger partial charge < -0.3 is 5.11 Å². The van der Waals surface area contributed by atoms with Crippen molar-refractivity contribution in [1.29, 1.82) is 0 Å². The molecule has 0 radical (unpaired) electrons. The van der Waals surface area contributed by atoms with Crippen LogP contribution in [0, 0.1) is 0 Å². The Hall–Kier alpha value is -0.840. The van der Waals surface area contributed by atoms with Gasteiger partial charge in [0, 0.05) is 6.42 Å². The maximum atomic E-state index is 11.2. The second kappa shape index (κ2) is 5.01. The van der Waals surface area contributed by atoms with Crippen LogP contribution in [0.5, 0.6) is 0 Å². The van der Waals surface area contributed by atoms with Crippen LogP contribution in [0.15, 0.2) is 12.2 Å². The molecule has 0 aromatic carbocycles. The highest BCUT2D eigenvalue weighted by Crippen LogP contribution is 2.02. The lowest BCUT2D eigenvalue weighted by atomic mass is 10.3. The van der Waals surface area contributed by atoms with Crippen molar-refractivity contribution < 1.29 is 18.3 Å². The van der Waals surface area contributed by atoms with Crippen LogP contribution in [0.4, 0.5) is 0 Å². The molecule has 0 aliphatic heterocycles. The largest absolute Gasteiger partial charge is 0.481 e. The van der Waals surface area contributed by atoms with Crippen molar-refractivity contribution >= 4 is 15.8 Å². The number of hydrogen-bond acceptors (Lipinski definition) is 3. The summed E-state index contributed by atoms with van der Waals surface area (Å²) in [6.07, 6.45) is 0.0698. The molecular weight excluding hydrogens is 192 g/mol. The number of hydrogen-bond donors (Lipinski definition) is 1. The monoisotopic (exact) mass is 206 g/mol. The lowest BCUT2D eigenvalue weighted by Crippen LogP contribution is -2.12. The molecule has 0 bridgehead atoms. The molecule has 0 saturated carbocycles. The van der Waals surface area contributed by atoms with Crippen LogP contribution >= 0.6 is 0 Å². The fourth-order valence-electron chi connectivity index (χ4n) is 0.891. The van der Waals surface area contributed by atoms with E-state index in [2.05, 4.69) is 6.58 Å². The van der Waals surface area contributed by atoms with E-state index in [0.717, 1.165) is 0 Å². The number of carboxylic acids is 1. The predicted molar refractivity (Wildman–Crippen MR) is 50.3 cm³/mol. The van der Waals surface area contributed by atoms with E-state index in [9.17, 15) is 13.2 Å². The van der Waals surface area contributed by atoms with Gasteiger partial charge in [0.2, 0.25) is 0 Å². The van der Waals surface area contributed by atoms with Gasteiger partial charge in [-0.3, -0.25) is 4.79 Å². The molecule has 0 spiro atoms. The van der Waals surface area contributed by atoms with E-state index < -0.39 is 15.8 Å². The first-order valence-corrected chi connectivity index (χ1v) is 5.72. The molecule has 0 aromatic rings. The topological polar surface area (TPSA) is 71.4 Å². The van der Waals surface area contributed by atoms with Gasteiger partial charge in [0.1, 0.15) is 0 Å². The van der Waals surface area contributed by atoms with Crippen LogP contribution in [0.3, 0.4) is 0 Å². The minimum atomic E-state index is -3.14. The second-order valence-corrected chi connectivity index (χ2v) is 5.23. The van der Waals surface area contributed by atoms with Crippen molar-refractivity contribution in [2.75, 3.05) is 11.5 Å². The molecule has 0 atom stereocenters. The SMILES string of the molecule is C=C(C)CS(=O)(=O)CCCC(=O)O. The van der Waals surface area contributed by atoms with E-state index in [4.69, 9.17) is 5.11 Å². The number of rotatable bonds is 6. The van der Waals surface area contributed by atoms with E-state index >= 15 is 0 Å². The maximum absolute atomic E-state index is 11.2. The molecule has 0 aliphatic carbocycles. The summed E-state index contributed by atoms with van der Waals surface area (Å²) in [7, 11) is -3.14. The fourth-order valence-corrected chi connectivity index (χ4v) is 2.37. The van der Waals surface area contributed by atoms with Crippen molar-refractivity contribution in [3.63, 3.8) is 0 Å². The van der Waals surface area contributed by atoms with E-state index in [-0.39, 0.29) is 24.3 Å². The Morgan fingerprint density at radius 1 is 1.46 bits per heavy atom. The third-order valence-electron chi connectivity index (χ3n) is 1.31. The summed E-state index contributed by atoms with van der Waals surface area (Å²) in [4.78, 5) is 10.1. The quantitative estimate of drug-likeness (QED) is 0.654. The second-order valence-electron chi connectivity index (χ2n) is 3.05. The summed E-state index contributed by atoms with van der Waals surface area (Å²) in [5.41, 5.74) is 0.579. The molecule has 0 aromatic heterocycles. The fraction of sp³-hybridized carbons (Fsp3) is 0.625. The molecule has 4 nitrogen and oxygen atoms in total. The Morgan fingerprint density at radius 2 is 2.00 bits per heavy atom. The molecule has 76 valence electrons. The molecule has 0 heterocycles. The van der Waals surface area contributed by atoms with Crippen LogP contribution in [0.2, 0.25) is 0 Å². The minimum absolute atomic E-state index is 0.0490. The predicted octanol–water partition coefficient (Wildman–Crippen LogP) is 0.842. The molecule has 0 amide bonds. The molecular formula is C8H14O4S. The number of sulfone groups is 1. The van der Waals surface area contributed by atoms with Gasteiger partial charge in [0.25, 0.3) is 0 Å². The standard InChI is InChI=1S/C8H14O4S/c1-7(2)6-13(11,12)5-3-4-8(9)10/h1,3-6H2,2H3,(H,9,10). The Labute approximate surface area is 78.2 Å². The molecule has 0 rings (SSSR count). The number of carbonyl (C=O) groups is 1. The Kier molecular flexibility index (Phi) is 4.69. The van der Waals surface area contributed by atoms with E-state index in [1.54, 1.807) is 6.92 Å². The van der Waals surface area contributed by atoms with Gasteiger partial charge in [-0.2, -0.15) is 0 Å². The first kappa shape index (κ1) is 12.2. The van der Waals surface area contributed by atoms with Crippen molar-refractivity contribution in [2.24, 2.45) is 0 Å². The van der Waals surface area contributed by atoms with Crippen molar-refractivity contribution in [3.8, 4) is 0 Å². The highest BCUT2D eigenvalue weighted by atomic mass is 32.2.